The Bertz CT molecular complexity index is 405. The van der Waals surface area contributed by atoms with E-state index < -0.39 is 0 Å². The quantitative estimate of drug-likeness (QED) is 0.881. The van der Waals surface area contributed by atoms with Crippen molar-refractivity contribution < 1.29 is 9.13 Å². The summed E-state index contributed by atoms with van der Waals surface area (Å²) in [6.45, 7) is 7.41. The predicted octanol–water partition coefficient (Wildman–Crippen LogP) is 3.67. The summed E-state index contributed by atoms with van der Waals surface area (Å²) in [7, 11) is 0. The van der Waals surface area contributed by atoms with Crippen molar-refractivity contribution in [3.63, 3.8) is 0 Å². The lowest BCUT2D eigenvalue weighted by Gasteiger charge is -2.34. The number of benzene rings is 1. The van der Waals surface area contributed by atoms with Crippen molar-refractivity contribution in [1.29, 1.82) is 0 Å². The molecule has 0 saturated heterocycles. The van der Waals surface area contributed by atoms with Crippen LogP contribution in [0.3, 0.4) is 0 Å². The van der Waals surface area contributed by atoms with Crippen LogP contribution in [0.1, 0.15) is 45.2 Å². The van der Waals surface area contributed by atoms with E-state index >= 15 is 0 Å². The maximum absolute atomic E-state index is 13.4. The fourth-order valence-electron chi connectivity index (χ4n) is 2.39. The molecular formula is C15H22FNO. The van der Waals surface area contributed by atoms with E-state index in [9.17, 15) is 4.39 Å². The molecule has 1 aliphatic rings. The second-order valence-electron chi connectivity index (χ2n) is 5.32. The van der Waals surface area contributed by atoms with E-state index in [0.29, 0.717) is 5.92 Å². The molecule has 3 heteroatoms. The summed E-state index contributed by atoms with van der Waals surface area (Å²) in [6, 6.07) is 5.02. The highest BCUT2D eigenvalue weighted by Crippen LogP contribution is 2.37. The molecule has 0 radical (unpaired) electrons. The monoisotopic (exact) mass is 251 g/mol. The van der Waals surface area contributed by atoms with E-state index in [4.69, 9.17) is 4.74 Å². The van der Waals surface area contributed by atoms with Gasteiger partial charge in [-0.2, -0.15) is 0 Å². The zero-order chi connectivity index (χ0) is 13.1. The summed E-state index contributed by atoms with van der Waals surface area (Å²) in [5, 5.41) is 3.49. The average Bonchev–Trinajstić information content (AvgIpc) is 2.35. The van der Waals surface area contributed by atoms with Crippen molar-refractivity contribution in [3.8, 4) is 5.75 Å². The molecule has 1 N–H and O–H groups in total. The Balaban J connectivity index is 2.25. The van der Waals surface area contributed by atoms with Gasteiger partial charge in [0.2, 0.25) is 0 Å². The van der Waals surface area contributed by atoms with E-state index in [1.54, 1.807) is 12.1 Å². The third-order valence-electron chi connectivity index (χ3n) is 3.48. The van der Waals surface area contributed by atoms with Gasteiger partial charge in [0.1, 0.15) is 17.7 Å². The summed E-state index contributed by atoms with van der Waals surface area (Å²) in [4.78, 5) is 0. The molecule has 1 aliphatic heterocycles. The van der Waals surface area contributed by atoms with Crippen LogP contribution in [-0.2, 0) is 0 Å². The van der Waals surface area contributed by atoms with Crippen molar-refractivity contribution in [3.05, 3.63) is 29.6 Å². The number of halogens is 1. The standard InChI is InChI=1S/C15H22FNO/c1-4-7-17-13-9-15(10(2)3)18-14-6-5-11(16)8-12(13)14/h5-6,8,10,13,15,17H,4,7,9H2,1-3H3. The Morgan fingerprint density at radius 1 is 1.44 bits per heavy atom. The number of hydrogen-bond acceptors (Lipinski definition) is 2. The molecule has 0 aromatic heterocycles. The van der Waals surface area contributed by atoms with Crippen LogP contribution < -0.4 is 10.1 Å². The van der Waals surface area contributed by atoms with Gasteiger partial charge in [0.05, 0.1) is 0 Å². The van der Waals surface area contributed by atoms with Gasteiger partial charge in [0.25, 0.3) is 0 Å². The number of rotatable bonds is 4. The fraction of sp³-hybridized carbons (Fsp3) is 0.600. The Labute approximate surface area is 109 Å². The molecule has 0 bridgehead atoms. The summed E-state index contributed by atoms with van der Waals surface area (Å²) in [6.07, 6.45) is 2.19. The first-order valence-electron chi connectivity index (χ1n) is 6.81. The summed E-state index contributed by atoms with van der Waals surface area (Å²) in [5.74, 6) is 1.10. The van der Waals surface area contributed by atoms with Crippen LogP contribution in [0, 0.1) is 11.7 Å². The van der Waals surface area contributed by atoms with Gasteiger partial charge in [-0.15, -0.1) is 0 Å². The van der Waals surface area contributed by atoms with E-state index in [0.717, 1.165) is 30.7 Å². The van der Waals surface area contributed by atoms with E-state index in [-0.39, 0.29) is 18.0 Å². The molecule has 2 atom stereocenters. The molecule has 1 heterocycles. The number of ether oxygens (including phenoxy) is 1. The average molecular weight is 251 g/mol. The number of nitrogens with one attached hydrogen (secondary N) is 1. The lowest BCUT2D eigenvalue weighted by molar-refractivity contribution is 0.107. The smallest absolute Gasteiger partial charge is 0.124 e. The van der Waals surface area contributed by atoms with Crippen molar-refractivity contribution in [2.45, 2.75) is 45.8 Å². The van der Waals surface area contributed by atoms with Crippen LogP contribution >= 0.6 is 0 Å². The fourth-order valence-corrected chi connectivity index (χ4v) is 2.39. The first-order chi connectivity index (χ1) is 8.61. The van der Waals surface area contributed by atoms with Gasteiger partial charge in [0.15, 0.2) is 0 Å². The molecule has 2 unspecified atom stereocenters. The second kappa shape index (κ2) is 5.70. The van der Waals surface area contributed by atoms with E-state index in [1.165, 1.54) is 6.07 Å². The molecule has 1 aromatic carbocycles. The Morgan fingerprint density at radius 2 is 2.22 bits per heavy atom. The van der Waals surface area contributed by atoms with Crippen molar-refractivity contribution in [1.82, 2.24) is 5.32 Å². The maximum atomic E-state index is 13.4. The van der Waals surface area contributed by atoms with Crippen LogP contribution in [0.15, 0.2) is 18.2 Å². The first kappa shape index (κ1) is 13.3. The summed E-state index contributed by atoms with van der Waals surface area (Å²) < 4.78 is 19.3. The van der Waals surface area contributed by atoms with Crippen molar-refractivity contribution >= 4 is 0 Å². The van der Waals surface area contributed by atoms with Crippen LogP contribution in [0.25, 0.3) is 0 Å². The Kier molecular flexibility index (Phi) is 4.23. The van der Waals surface area contributed by atoms with Gasteiger partial charge in [0, 0.05) is 18.0 Å². The minimum Gasteiger partial charge on any atom is -0.490 e. The minimum atomic E-state index is -0.191. The third-order valence-corrected chi connectivity index (χ3v) is 3.48. The molecule has 1 aromatic rings. The van der Waals surface area contributed by atoms with Gasteiger partial charge in [-0.25, -0.2) is 4.39 Å². The van der Waals surface area contributed by atoms with Crippen LogP contribution in [0.2, 0.25) is 0 Å². The van der Waals surface area contributed by atoms with Gasteiger partial charge in [-0.3, -0.25) is 0 Å². The summed E-state index contributed by atoms with van der Waals surface area (Å²) >= 11 is 0. The zero-order valence-electron chi connectivity index (χ0n) is 11.4. The molecular weight excluding hydrogens is 229 g/mol. The van der Waals surface area contributed by atoms with Crippen LogP contribution in [0.5, 0.6) is 5.75 Å². The van der Waals surface area contributed by atoms with Crippen molar-refractivity contribution in [2.24, 2.45) is 5.92 Å². The van der Waals surface area contributed by atoms with E-state index in [1.807, 2.05) is 0 Å². The highest BCUT2D eigenvalue weighted by molar-refractivity contribution is 5.38. The van der Waals surface area contributed by atoms with Gasteiger partial charge in [-0.05, 0) is 37.1 Å². The molecule has 18 heavy (non-hydrogen) atoms. The highest BCUT2D eigenvalue weighted by Gasteiger charge is 2.29. The molecule has 0 amide bonds. The van der Waals surface area contributed by atoms with Gasteiger partial charge >= 0.3 is 0 Å². The lowest BCUT2D eigenvalue weighted by atomic mass is 9.91. The number of hydrogen-bond donors (Lipinski definition) is 1. The molecule has 0 aliphatic carbocycles. The summed E-state index contributed by atoms with van der Waals surface area (Å²) in [5.41, 5.74) is 0.959. The van der Waals surface area contributed by atoms with Crippen molar-refractivity contribution in [2.75, 3.05) is 6.54 Å². The Morgan fingerprint density at radius 3 is 2.89 bits per heavy atom. The predicted molar refractivity (Wildman–Crippen MR) is 71.3 cm³/mol. The lowest BCUT2D eigenvalue weighted by Crippen LogP contribution is -2.36. The zero-order valence-corrected chi connectivity index (χ0v) is 11.4. The molecule has 2 nitrogen and oxygen atoms in total. The SMILES string of the molecule is CCCNC1CC(C(C)C)Oc2ccc(F)cc21. The van der Waals surface area contributed by atoms with Crippen LogP contribution in [0.4, 0.5) is 4.39 Å². The topological polar surface area (TPSA) is 21.3 Å². The van der Waals surface area contributed by atoms with E-state index in [2.05, 4.69) is 26.1 Å². The maximum Gasteiger partial charge on any atom is 0.124 e. The molecule has 0 fully saturated rings. The highest BCUT2D eigenvalue weighted by atomic mass is 19.1. The first-order valence-corrected chi connectivity index (χ1v) is 6.81. The Hall–Kier alpha value is -1.09. The molecule has 2 rings (SSSR count). The normalized spacial score (nSPS) is 22.7. The van der Waals surface area contributed by atoms with Gasteiger partial charge in [-0.1, -0.05) is 20.8 Å². The van der Waals surface area contributed by atoms with Crippen LogP contribution in [-0.4, -0.2) is 12.6 Å². The molecule has 0 saturated carbocycles. The van der Waals surface area contributed by atoms with Gasteiger partial charge < -0.3 is 10.1 Å². The molecule has 0 spiro atoms. The second-order valence-corrected chi connectivity index (χ2v) is 5.32. The minimum absolute atomic E-state index is 0.191. The largest absolute Gasteiger partial charge is 0.490 e. The number of fused-ring (bicyclic) bond motifs is 1. The third kappa shape index (κ3) is 2.83. The molecule has 100 valence electrons.